The zero-order chi connectivity index (χ0) is 13.9. The number of hydrogen-bond donors (Lipinski definition) is 1. The Morgan fingerprint density at radius 3 is 2.58 bits per heavy atom. The van der Waals surface area contributed by atoms with Crippen LogP contribution >= 0.6 is 0 Å². The fourth-order valence-electron chi connectivity index (χ4n) is 2.35. The van der Waals surface area contributed by atoms with Crippen molar-refractivity contribution in [2.24, 2.45) is 0 Å². The summed E-state index contributed by atoms with van der Waals surface area (Å²) in [4.78, 5) is 2.31. The normalized spacial score (nSPS) is 17.7. The first-order chi connectivity index (χ1) is 8.97. The van der Waals surface area contributed by atoms with Crippen molar-refractivity contribution < 1.29 is 8.78 Å². The topological polar surface area (TPSA) is 15.3 Å². The lowest BCUT2D eigenvalue weighted by atomic mass is 9.97. The number of piperazine rings is 1. The van der Waals surface area contributed by atoms with Crippen LogP contribution in [0.2, 0.25) is 0 Å². The molecule has 1 aliphatic rings. The number of hydrogen-bond acceptors (Lipinski definition) is 2. The molecule has 0 amide bonds. The summed E-state index contributed by atoms with van der Waals surface area (Å²) in [7, 11) is 0. The van der Waals surface area contributed by atoms with E-state index >= 15 is 0 Å². The van der Waals surface area contributed by atoms with Gasteiger partial charge in [0.25, 0.3) is 0 Å². The van der Waals surface area contributed by atoms with E-state index in [-0.39, 0.29) is 5.82 Å². The molecule has 1 aromatic carbocycles. The van der Waals surface area contributed by atoms with E-state index in [1.807, 2.05) is 0 Å². The Bertz CT molecular complexity index is 421. The molecule has 1 saturated heterocycles. The SMILES string of the molecule is CC(C)(F)c1ccc(F)c(CCN2CCNCC2)c1. The van der Waals surface area contributed by atoms with Gasteiger partial charge in [0.15, 0.2) is 0 Å². The number of nitrogens with zero attached hydrogens (tertiary/aromatic N) is 1. The standard InChI is InChI=1S/C15H22F2N2/c1-15(2,17)13-3-4-14(16)12(11-13)5-8-19-9-6-18-7-10-19/h3-4,11,18H,5-10H2,1-2H3. The van der Waals surface area contributed by atoms with Crippen molar-refractivity contribution in [3.8, 4) is 0 Å². The lowest BCUT2D eigenvalue weighted by Gasteiger charge is -2.27. The molecule has 1 heterocycles. The van der Waals surface area contributed by atoms with Crippen LogP contribution in [-0.2, 0) is 12.1 Å². The second-order valence-corrected chi connectivity index (χ2v) is 5.62. The summed E-state index contributed by atoms with van der Waals surface area (Å²) in [6, 6.07) is 4.57. The minimum Gasteiger partial charge on any atom is -0.314 e. The second-order valence-electron chi connectivity index (χ2n) is 5.62. The smallest absolute Gasteiger partial charge is 0.130 e. The van der Waals surface area contributed by atoms with Crippen LogP contribution in [0.15, 0.2) is 18.2 Å². The van der Waals surface area contributed by atoms with Gasteiger partial charge in [-0.05, 0) is 43.5 Å². The van der Waals surface area contributed by atoms with Crippen LogP contribution in [0.3, 0.4) is 0 Å². The Hall–Kier alpha value is -1.00. The van der Waals surface area contributed by atoms with Gasteiger partial charge in [-0.2, -0.15) is 0 Å². The summed E-state index contributed by atoms with van der Waals surface area (Å²) in [6.45, 7) is 7.79. The molecule has 0 aromatic heterocycles. The molecule has 19 heavy (non-hydrogen) atoms. The number of rotatable bonds is 4. The van der Waals surface area contributed by atoms with Gasteiger partial charge in [-0.25, -0.2) is 8.78 Å². The molecule has 0 spiro atoms. The second kappa shape index (κ2) is 5.97. The first-order valence-corrected chi connectivity index (χ1v) is 6.88. The van der Waals surface area contributed by atoms with Gasteiger partial charge >= 0.3 is 0 Å². The van der Waals surface area contributed by atoms with Gasteiger partial charge in [-0.3, -0.25) is 0 Å². The maximum Gasteiger partial charge on any atom is 0.130 e. The Labute approximate surface area is 113 Å². The summed E-state index contributed by atoms with van der Waals surface area (Å²) < 4.78 is 27.6. The third-order valence-electron chi connectivity index (χ3n) is 3.64. The number of nitrogens with one attached hydrogen (secondary N) is 1. The van der Waals surface area contributed by atoms with Crippen molar-refractivity contribution in [3.63, 3.8) is 0 Å². The van der Waals surface area contributed by atoms with Crippen LogP contribution < -0.4 is 5.32 Å². The van der Waals surface area contributed by atoms with Gasteiger partial charge in [0.05, 0.1) is 0 Å². The van der Waals surface area contributed by atoms with E-state index in [1.54, 1.807) is 6.07 Å². The summed E-state index contributed by atoms with van der Waals surface area (Å²) in [6.07, 6.45) is 0.635. The highest BCUT2D eigenvalue weighted by atomic mass is 19.1. The summed E-state index contributed by atoms with van der Waals surface area (Å²) in [5.41, 5.74) is -0.261. The van der Waals surface area contributed by atoms with Crippen LogP contribution in [0.25, 0.3) is 0 Å². The number of halogens is 2. The van der Waals surface area contributed by atoms with Crippen LogP contribution in [0.4, 0.5) is 8.78 Å². The third-order valence-corrected chi connectivity index (χ3v) is 3.64. The monoisotopic (exact) mass is 268 g/mol. The molecule has 1 aromatic rings. The molecule has 2 nitrogen and oxygen atoms in total. The quantitative estimate of drug-likeness (QED) is 0.902. The highest BCUT2D eigenvalue weighted by Crippen LogP contribution is 2.26. The van der Waals surface area contributed by atoms with Crippen molar-refractivity contribution >= 4 is 0 Å². The van der Waals surface area contributed by atoms with E-state index in [1.165, 1.54) is 26.0 Å². The van der Waals surface area contributed by atoms with Crippen LogP contribution in [0.1, 0.15) is 25.0 Å². The van der Waals surface area contributed by atoms with Gasteiger partial charge < -0.3 is 10.2 Å². The van der Waals surface area contributed by atoms with Gasteiger partial charge in [0, 0.05) is 32.7 Å². The average Bonchev–Trinajstić information content (AvgIpc) is 2.37. The largest absolute Gasteiger partial charge is 0.314 e. The fourth-order valence-corrected chi connectivity index (χ4v) is 2.35. The zero-order valence-electron chi connectivity index (χ0n) is 11.7. The number of alkyl halides is 1. The first kappa shape index (κ1) is 14.4. The van der Waals surface area contributed by atoms with E-state index in [0.717, 1.165) is 32.7 Å². The van der Waals surface area contributed by atoms with E-state index in [4.69, 9.17) is 0 Å². The Balaban J connectivity index is 2.02. The summed E-state index contributed by atoms with van der Waals surface area (Å²) in [5.74, 6) is -0.233. The molecular weight excluding hydrogens is 246 g/mol. The highest BCUT2D eigenvalue weighted by molar-refractivity contribution is 5.29. The van der Waals surface area contributed by atoms with Gasteiger partial charge in [-0.15, -0.1) is 0 Å². The van der Waals surface area contributed by atoms with Crippen molar-refractivity contribution in [2.45, 2.75) is 25.9 Å². The predicted molar refractivity (Wildman–Crippen MR) is 73.5 cm³/mol. The first-order valence-electron chi connectivity index (χ1n) is 6.88. The molecule has 0 radical (unpaired) electrons. The highest BCUT2D eigenvalue weighted by Gasteiger charge is 2.20. The van der Waals surface area contributed by atoms with Gasteiger partial charge in [-0.1, -0.05) is 6.07 Å². The number of benzene rings is 1. The molecule has 0 saturated carbocycles. The molecule has 1 fully saturated rings. The molecule has 0 atom stereocenters. The molecule has 2 rings (SSSR count). The molecule has 1 N–H and O–H groups in total. The summed E-state index contributed by atoms with van der Waals surface area (Å²) in [5, 5.41) is 3.29. The molecule has 0 aliphatic carbocycles. The summed E-state index contributed by atoms with van der Waals surface area (Å²) >= 11 is 0. The van der Waals surface area contributed by atoms with Crippen molar-refractivity contribution in [3.05, 3.63) is 35.1 Å². The van der Waals surface area contributed by atoms with Crippen LogP contribution in [0.5, 0.6) is 0 Å². The lowest BCUT2D eigenvalue weighted by molar-refractivity contribution is 0.220. The maximum atomic E-state index is 13.9. The Morgan fingerprint density at radius 1 is 1.26 bits per heavy atom. The molecule has 106 valence electrons. The van der Waals surface area contributed by atoms with Crippen LogP contribution in [-0.4, -0.2) is 37.6 Å². The van der Waals surface area contributed by atoms with Gasteiger partial charge in [0.1, 0.15) is 11.5 Å². The minimum atomic E-state index is -1.42. The van der Waals surface area contributed by atoms with E-state index in [9.17, 15) is 8.78 Å². The van der Waals surface area contributed by atoms with E-state index in [0.29, 0.717) is 17.5 Å². The molecule has 4 heteroatoms. The molecule has 0 unspecified atom stereocenters. The van der Waals surface area contributed by atoms with Crippen molar-refractivity contribution in [1.29, 1.82) is 0 Å². The third kappa shape index (κ3) is 3.98. The van der Waals surface area contributed by atoms with Crippen molar-refractivity contribution in [2.75, 3.05) is 32.7 Å². The van der Waals surface area contributed by atoms with Crippen molar-refractivity contribution in [1.82, 2.24) is 10.2 Å². The molecule has 1 aliphatic heterocycles. The lowest BCUT2D eigenvalue weighted by Crippen LogP contribution is -2.44. The molecular formula is C15H22F2N2. The molecule has 0 bridgehead atoms. The fraction of sp³-hybridized carbons (Fsp3) is 0.600. The Kier molecular flexibility index (Phi) is 4.53. The predicted octanol–water partition coefficient (Wildman–Crippen LogP) is 2.48. The maximum absolute atomic E-state index is 13.9. The van der Waals surface area contributed by atoms with Gasteiger partial charge in [0.2, 0.25) is 0 Å². The zero-order valence-corrected chi connectivity index (χ0v) is 11.7. The Morgan fingerprint density at radius 2 is 1.95 bits per heavy atom. The van der Waals surface area contributed by atoms with E-state index < -0.39 is 5.67 Å². The van der Waals surface area contributed by atoms with Crippen LogP contribution in [0, 0.1) is 5.82 Å². The average molecular weight is 268 g/mol. The van der Waals surface area contributed by atoms with E-state index in [2.05, 4.69) is 10.2 Å². The minimum absolute atomic E-state index is 0.233.